The van der Waals surface area contributed by atoms with E-state index in [0.717, 1.165) is 38.5 Å². The Morgan fingerprint density at radius 3 is 2.95 bits per heavy atom. The van der Waals surface area contributed by atoms with Gasteiger partial charge in [-0.3, -0.25) is 4.90 Å². The summed E-state index contributed by atoms with van der Waals surface area (Å²) in [6.45, 7) is 6.86. The van der Waals surface area contributed by atoms with Gasteiger partial charge in [0.05, 0.1) is 13.2 Å². The fraction of sp³-hybridized carbons (Fsp3) is 0.647. The molecule has 4 heteroatoms. The summed E-state index contributed by atoms with van der Waals surface area (Å²) in [5.74, 6) is 0.980. The Hall–Kier alpha value is -1.10. The van der Waals surface area contributed by atoms with E-state index < -0.39 is 0 Å². The van der Waals surface area contributed by atoms with Gasteiger partial charge in [0.15, 0.2) is 0 Å². The second kappa shape index (κ2) is 8.37. The van der Waals surface area contributed by atoms with Crippen LogP contribution in [0.15, 0.2) is 18.2 Å². The van der Waals surface area contributed by atoms with Crippen LogP contribution in [0, 0.1) is 0 Å². The van der Waals surface area contributed by atoms with Crippen molar-refractivity contribution in [3.05, 3.63) is 29.3 Å². The summed E-state index contributed by atoms with van der Waals surface area (Å²) in [4.78, 5) is 2.48. The third-order valence-electron chi connectivity index (χ3n) is 3.98. The van der Waals surface area contributed by atoms with E-state index >= 15 is 0 Å². The maximum absolute atomic E-state index is 5.79. The molecule has 4 nitrogen and oxygen atoms in total. The van der Waals surface area contributed by atoms with E-state index in [1.165, 1.54) is 24.0 Å². The second-order valence-electron chi connectivity index (χ2n) is 5.63. The highest BCUT2D eigenvalue weighted by Crippen LogP contribution is 2.24. The number of methoxy groups -OCH3 is 1. The molecule has 0 spiro atoms. The SMILES string of the molecule is CCOC1CCCN(Cc2cc(CNC)ccc2OC)C1. The first-order valence-corrected chi connectivity index (χ1v) is 7.91. The van der Waals surface area contributed by atoms with E-state index in [0.29, 0.717) is 6.10 Å². The van der Waals surface area contributed by atoms with E-state index in [9.17, 15) is 0 Å². The van der Waals surface area contributed by atoms with Crippen molar-refractivity contribution in [2.45, 2.75) is 39.0 Å². The standard InChI is InChI=1S/C17H28N2O2/c1-4-21-16-6-5-9-19(13-16)12-15-10-14(11-18-2)7-8-17(15)20-3/h7-8,10,16,18H,4-6,9,11-13H2,1-3H3. The molecule has 1 aliphatic rings. The van der Waals surface area contributed by atoms with Crippen molar-refractivity contribution in [3.63, 3.8) is 0 Å². The second-order valence-corrected chi connectivity index (χ2v) is 5.63. The van der Waals surface area contributed by atoms with Gasteiger partial charge in [-0.25, -0.2) is 0 Å². The Kier molecular flexibility index (Phi) is 6.49. The van der Waals surface area contributed by atoms with Crippen LogP contribution in [-0.4, -0.2) is 44.9 Å². The highest BCUT2D eigenvalue weighted by molar-refractivity contribution is 5.37. The van der Waals surface area contributed by atoms with Gasteiger partial charge < -0.3 is 14.8 Å². The first kappa shape index (κ1) is 16.3. The summed E-state index contributed by atoms with van der Waals surface area (Å²) in [6, 6.07) is 6.45. The van der Waals surface area contributed by atoms with E-state index in [4.69, 9.17) is 9.47 Å². The quantitative estimate of drug-likeness (QED) is 0.837. The molecule has 1 heterocycles. The van der Waals surface area contributed by atoms with Gasteiger partial charge in [0.1, 0.15) is 5.75 Å². The van der Waals surface area contributed by atoms with Crippen LogP contribution in [0.5, 0.6) is 5.75 Å². The molecule has 0 bridgehead atoms. The van der Waals surface area contributed by atoms with Gasteiger partial charge in [0.2, 0.25) is 0 Å². The van der Waals surface area contributed by atoms with Crippen LogP contribution in [0.1, 0.15) is 30.9 Å². The predicted molar refractivity (Wildman–Crippen MR) is 85.7 cm³/mol. The molecule has 1 aliphatic heterocycles. The van der Waals surface area contributed by atoms with Crippen molar-refractivity contribution in [3.8, 4) is 5.75 Å². The van der Waals surface area contributed by atoms with Crippen LogP contribution < -0.4 is 10.1 Å². The summed E-state index contributed by atoms with van der Waals surface area (Å²) < 4.78 is 11.3. The Morgan fingerprint density at radius 1 is 1.38 bits per heavy atom. The first-order chi connectivity index (χ1) is 10.3. The van der Waals surface area contributed by atoms with Gasteiger partial charge in [0.25, 0.3) is 0 Å². The zero-order valence-corrected chi connectivity index (χ0v) is 13.5. The lowest BCUT2D eigenvalue weighted by molar-refractivity contribution is 0.00346. The molecule has 21 heavy (non-hydrogen) atoms. The third-order valence-corrected chi connectivity index (χ3v) is 3.98. The molecule has 1 N–H and O–H groups in total. The van der Waals surface area contributed by atoms with Gasteiger partial charge in [-0.15, -0.1) is 0 Å². The van der Waals surface area contributed by atoms with Crippen LogP contribution in [-0.2, 0) is 17.8 Å². The molecule has 0 aromatic heterocycles. The molecule has 1 aromatic carbocycles. The molecule has 2 rings (SSSR count). The molecule has 118 valence electrons. The number of ether oxygens (including phenoxy) is 2. The molecule has 0 aliphatic carbocycles. The molecule has 1 aromatic rings. The van der Waals surface area contributed by atoms with Crippen molar-refractivity contribution in [2.75, 3.05) is 33.9 Å². The minimum atomic E-state index is 0.384. The average Bonchev–Trinajstić information content (AvgIpc) is 2.49. The van der Waals surface area contributed by atoms with E-state index in [1.54, 1.807) is 7.11 Å². The maximum atomic E-state index is 5.79. The first-order valence-electron chi connectivity index (χ1n) is 7.91. The van der Waals surface area contributed by atoms with Crippen molar-refractivity contribution < 1.29 is 9.47 Å². The van der Waals surface area contributed by atoms with Crippen molar-refractivity contribution in [1.29, 1.82) is 0 Å². The highest BCUT2D eigenvalue weighted by atomic mass is 16.5. The molecule has 0 radical (unpaired) electrons. The van der Waals surface area contributed by atoms with Crippen molar-refractivity contribution >= 4 is 0 Å². The Morgan fingerprint density at radius 2 is 2.24 bits per heavy atom. The van der Waals surface area contributed by atoms with Crippen molar-refractivity contribution in [2.24, 2.45) is 0 Å². The zero-order valence-electron chi connectivity index (χ0n) is 13.5. The normalized spacial score (nSPS) is 19.7. The number of rotatable bonds is 7. The molecule has 1 fully saturated rings. The van der Waals surface area contributed by atoms with Crippen LogP contribution in [0.25, 0.3) is 0 Å². The van der Waals surface area contributed by atoms with Crippen LogP contribution in [0.2, 0.25) is 0 Å². The summed E-state index contributed by atoms with van der Waals surface area (Å²) >= 11 is 0. The molecule has 0 saturated carbocycles. The topological polar surface area (TPSA) is 33.7 Å². The van der Waals surface area contributed by atoms with Gasteiger partial charge in [-0.1, -0.05) is 6.07 Å². The Balaban J connectivity index is 2.04. The van der Waals surface area contributed by atoms with Gasteiger partial charge in [-0.05, 0) is 51.1 Å². The monoisotopic (exact) mass is 292 g/mol. The lowest BCUT2D eigenvalue weighted by Crippen LogP contribution is -2.39. The molecular formula is C17H28N2O2. The van der Waals surface area contributed by atoms with Crippen LogP contribution in [0.3, 0.4) is 0 Å². The number of hydrogen-bond donors (Lipinski definition) is 1. The summed E-state index contributed by atoms with van der Waals surface area (Å²) in [7, 11) is 3.72. The fourth-order valence-corrected chi connectivity index (χ4v) is 3.04. The molecule has 1 saturated heterocycles. The Labute approximate surface area is 128 Å². The predicted octanol–water partition coefficient (Wildman–Crippen LogP) is 2.42. The summed E-state index contributed by atoms with van der Waals surface area (Å²) in [5.41, 5.74) is 2.56. The van der Waals surface area contributed by atoms with E-state index in [1.807, 2.05) is 7.05 Å². The number of benzene rings is 1. The Bertz CT molecular complexity index is 435. The lowest BCUT2D eigenvalue weighted by atomic mass is 10.0. The number of hydrogen-bond acceptors (Lipinski definition) is 4. The van der Waals surface area contributed by atoms with E-state index in [-0.39, 0.29) is 0 Å². The lowest BCUT2D eigenvalue weighted by Gasteiger charge is -2.32. The minimum Gasteiger partial charge on any atom is -0.496 e. The van der Waals surface area contributed by atoms with Gasteiger partial charge >= 0.3 is 0 Å². The zero-order chi connectivity index (χ0) is 15.1. The third kappa shape index (κ3) is 4.70. The van der Waals surface area contributed by atoms with Gasteiger partial charge in [0, 0.05) is 31.8 Å². The molecule has 1 unspecified atom stereocenters. The van der Waals surface area contributed by atoms with Crippen LogP contribution >= 0.6 is 0 Å². The number of likely N-dealkylation sites (tertiary alicyclic amines) is 1. The number of piperidine rings is 1. The molecule has 1 atom stereocenters. The number of nitrogens with zero attached hydrogens (tertiary/aromatic N) is 1. The maximum Gasteiger partial charge on any atom is 0.123 e. The van der Waals surface area contributed by atoms with E-state index in [2.05, 4.69) is 35.3 Å². The fourth-order valence-electron chi connectivity index (χ4n) is 3.04. The smallest absolute Gasteiger partial charge is 0.123 e. The van der Waals surface area contributed by atoms with Crippen LogP contribution in [0.4, 0.5) is 0 Å². The minimum absolute atomic E-state index is 0.384. The van der Waals surface area contributed by atoms with Gasteiger partial charge in [-0.2, -0.15) is 0 Å². The molecule has 0 amide bonds. The molecular weight excluding hydrogens is 264 g/mol. The summed E-state index contributed by atoms with van der Waals surface area (Å²) in [5, 5.41) is 3.20. The largest absolute Gasteiger partial charge is 0.496 e. The summed E-state index contributed by atoms with van der Waals surface area (Å²) in [6.07, 6.45) is 2.78. The van der Waals surface area contributed by atoms with Crippen molar-refractivity contribution in [1.82, 2.24) is 10.2 Å². The average molecular weight is 292 g/mol. The number of nitrogens with one attached hydrogen (secondary N) is 1. The highest BCUT2D eigenvalue weighted by Gasteiger charge is 2.21.